The van der Waals surface area contributed by atoms with Gasteiger partial charge in [0.2, 0.25) is 0 Å². The molecule has 2 aromatic rings. The van der Waals surface area contributed by atoms with Gasteiger partial charge in [-0.25, -0.2) is 5.43 Å². The van der Waals surface area contributed by atoms with Crippen molar-refractivity contribution >= 4 is 46.7 Å². The van der Waals surface area contributed by atoms with Crippen molar-refractivity contribution < 1.29 is 4.79 Å². The van der Waals surface area contributed by atoms with E-state index in [1.807, 2.05) is 6.07 Å². The summed E-state index contributed by atoms with van der Waals surface area (Å²) in [5.41, 5.74) is 2.88. The minimum absolute atomic E-state index is 0.309. The average molecular weight is 299 g/mol. The molecule has 18 heavy (non-hydrogen) atoms. The number of hydrazone groups is 1. The van der Waals surface area contributed by atoms with Crippen LogP contribution in [0.5, 0.6) is 0 Å². The predicted molar refractivity (Wildman–Crippen MR) is 75.8 cm³/mol. The van der Waals surface area contributed by atoms with Gasteiger partial charge < -0.3 is 0 Å². The van der Waals surface area contributed by atoms with Gasteiger partial charge in [-0.15, -0.1) is 11.3 Å². The van der Waals surface area contributed by atoms with Crippen molar-refractivity contribution in [2.45, 2.75) is 0 Å². The molecule has 1 heterocycles. The molecule has 0 unspecified atom stereocenters. The summed E-state index contributed by atoms with van der Waals surface area (Å²) in [5, 5.41) is 4.36. The Balaban J connectivity index is 1.98. The lowest BCUT2D eigenvalue weighted by atomic mass is 10.2. The van der Waals surface area contributed by atoms with Gasteiger partial charge >= 0.3 is 0 Å². The van der Waals surface area contributed by atoms with Gasteiger partial charge in [-0.2, -0.15) is 5.10 Å². The summed E-state index contributed by atoms with van der Waals surface area (Å²) in [6.07, 6.45) is 1.54. The summed E-state index contributed by atoms with van der Waals surface area (Å²) in [7, 11) is 0. The van der Waals surface area contributed by atoms with Crippen LogP contribution in [-0.4, -0.2) is 12.1 Å². The van der Waals surface area contributed by atoms with Gasteiger partial charge in [0.1, 0.15) is 0 Å². The third kappa shape index (κ3) is 3.57. The Morgan fingerprint density at radius 2 is 2.11 bits per heavy atom. The number of rotatable bonds is 3. The molecule has 1 N–H and O–H groups in total. The smallest absolute Gasteiger partial charge is 0.267 e. The van der Waals surface area contributed by atoms with E-state index >= 15 is 0 Å². The van der Waals surface area contributed by atoms with Gasteiger partial charge in [0, 0.05) is 15.5 Å². The lowest BCUT2D eigenvalue weighted by Crippen LogP contribution is -2.17. The van der Waals surface area contributed by atoms with E-state index in [9.17, 15) is 4.79 Å². The highest BCUT2D eigenvalue weighted by atomic mass is 35.5. The van der Waals surface area contributed by atoms with Gasteiger partial charge in [0.05, 0.1) is 10.6 Å². The predicted octanol–water partition coefficient (Wildman–Crippen LogP) is 3.82. The Labute approximate surface area is 118 Å². The number of amides is 1. The number of halogens is 2. The van der Waals surface area contributed by atoms with E-state index in [0.717, 1.165) is 4.88 Å². The number of nitrogens with one attached hydrogen (secondary N) is 1. The fourth-order valence-electron chi connectivity index (χ4n) is 1.25. The van der Waals surface area contributed by atoms with Crippen LogP contribution >= 0.6 is 34.5 Å². The number of hydrogen-bond donors (Lipinski definition) is 1. The first-order chi connectivity index (χ1) is 8.65. The molecule has 0 spiro atoms. The summed E-state index contributed by atoms with van der Waals surface area (Å²) >= 11 is 12.9. The lowest BCUT2D eigenvalue weighted by molar-refractivity contribution is 0.0955. The Morgan fingerprint density at radius 3 is 2.78 bits per heavy atom. The SMILES string of the molecule is O=C(N/N=C\c1ccc(Cl)s1)c1cccc(Cl)c1. The standard InChI is InChI=1S/C12H8Cl2N2OS/c13-9-3-1-2-8(6-9)12(17)16-15-7-10-4-5-11(14)18-10/h1-7H,(H,16,17)/b15-7-. The molecule has 1 aromatic heterocycles. The van der Waals surface area contributed by atoms with Crippen molar-refractivity contribution in [2.24, 2.45) is 5.10 Å². The molecule has 92 valence electrons. The number of carbonyl (C=O) groups is 1. The monoisotopic (exact) mass is 298 g/mol. The maximum absolute atomic E-state index is 11.7. The fourth-order valence-corrected chi connectivity index (χ4v) is 2.37. The average Bonchev–Trinajstić information content (AvgIpc) is 2.75. The zero-order valence-corrected chi connectivity index (χ0v) is 11.4. The van der Waals surface area contributed by atoms with Crippen molar-refractivity contribution in [1.82, 2.24) is 5.43 Å². The Hall–Kier alpha value is -1.36. The van der Waals surface area contributed by atoms with Crippen LogP contribution in [0.15, 0.2) is 41.5 Å². The molecular formula is C12H8Cl2N2OS. The van der Waals surface area contributed by atoms with Crippen LogP contribution in [0.3, 0.4) is 0 Å². The second kappa shape index (κ2) is 6.00. The summed E-state index contributed by atoms with van der Waals surface area (Å²) in [6.45, 7) is 0. The van der Waals surface area contributed by atoms with Crippen molar-refractivity contribution in [2.75, 3.05) is 0 Å². The number of carbonyl (C=O) groups excluding carboxylic acids is 1. The summed E-state index contributed by atoms with van der Waals surface area (Å²) < 4.78 is 0.678. The van der Waals surface area contributed by atoms with E-state index < -0.39 is 0 Å². The highest BCUT2D eigenvalue weighted by Gasteiger charge is 2.03. The maximum Gasteiger partial charge on any atom is 0.271 e. The van der Waals surface area contributed by atoms with Crippen molar-refractivity contribution in [3.05, 3.63) is 56.2 Å². The normalized spacial score (nSPS) is 10.8. The highest BCUT2D eigenvalue weighted by Crippen LogP contribution is 2.19. The van der Waals surface area contributed by atoms with Crippen LogP contribution < -0.4 is 5.43 Å². The van der Waals surface area contributed by atoms with E-state index in [0.29, 0.717) is 14.9 Å². The molecule has 0 radical (unpaired) electrons. The topological polar surface area (TPSA) is 41.5 Å². The van der Waals surface area contributed by atoms with Gasteiger partial charge in [-0.1, -0.05) is 29.3 Å². The lowest BCUT2D eigenvalue weighted by Gasteiger charge is -1.99. The molecule has 0 atom stereocenters. The molecule has 0 aliphatic carbocycles. The molecule has 0 saturated heterocycles. The first-order valence-corrected chi connectivity index (χ1v) is 6.57. The molecule has 0 saturated carbocycles. The molecule has 0 fully saturated rings. The zero-order chi connectivity index (χ0) is 13.0. The second-order valence-corrected chi connectivity index (χ2v) is 5.53. The highest BCUT2D eigenvalue weighted by molar-refractivity contribution is 7.17. The molecule has 0 bridgehead atoms. The first-order valence-electron chi connectivity index (χ1n) is 4.99. The minimum atomic E-state index is -0.309. The van der Waals surface area contributed by atoms with E-state index in [1.165, 1.54) is 11.3 Å². The molecule has 2 rings (SSSR count). The minimum Gasteiger partial charge on any atom is -0.267 e. The van der Waals surface area contributed by atoms with Crippen molar-refractivity contribution in [1.29, 1.82) is 0 Å². The Kier molecular flexibility index (Phi) is 4.36. The largest absolute Gasteiger partial charge is 0.271 e. The van der Waals surface area contributed by atoms with E-state index in [4.69, 9.17) is 23.2 Å². The molecule has 1 aromatic carbocycles. The summed E-state index contributed by atoms with van der Waals surface area (Å²) in [5.74, 6) is -0.309. The van der Waals surface area contributed by atoms with Gasteiger partial charge in [-0.3, -0.25) is 4.79 Å². The molecule has 3 nitrogen and oxygen atoms in total. The Bertz CT molecular complexity index is 595. The number of nitrogens with zero attached hydrogens (tertiary/aromatic N) is 1. The van der Waals surface area contributed by atoms with Gasteiger partial charge in [0.15, 0.2) is 0 Å². The molecular weight excluding hydrogens is 291 g/mol. The molecule has 0 aliphatic heterocycles. The number of hydrogen-bond acceptors (Lipinski definition) is 3. The van der Waals surface area contributed by atoms with Crippen LogP contribution in [0.2, 0.25) is 9.36 Å². The first kappa shape index (κ1) is 13.1. The third-order valence-electron chi connectivity index (χ3n) is 2.04. The zero-order valence-electron chi connectivity index (χ0n) is 9.06. The summed E-state index contributed by atoms with van der Waals surface area (Å²) in [6, 6.07) is 10.2. The van der Waals surface area contributed by atoms with E-state index in [1.54, 1.807) is 36.5 Å². The van der Waals surface area contributed by atoms with Gasteiger partial charge in [0.25, 0.3) is 5.91 Å². The van der Waals surface area contributed by atoms with E-state index in [-0.39, 0.29) is 5.91 Å². The maximum atomic E-state index is 11.7. The molecule has 1 amide bonds. The summed E-state index contributed by atoms with van der Waals surface area (Å²) in [4.78, 5) is 12.6. The number of thiophene rings is 1. The second-order valence-electron chi connectivity index (χ2n) is 3.35. The van der Waals surface area contributed by atoms with Crippen LogP contribution in [0.25, 0.3) is 0 Å². The van der Waals surface area contributed by atoms with Crippen LogP contribution in [0.4, 0.5) is 0 Å². The third-order valence-corrected chi connectivity index (χ3v) is 3.44. The van der Waals surface area contributed by atoms with E-state index in [2.05, 4.69) is 10.5 Å². The van der Waals surface area contributed by atoms with Crippen molar-refractivity contribution in [3.63, 3.8) is 0 Å². The molecule has 0 aliphatic rings. The quantitative estimate of drug-likeness (QED) is 0.679. The molecule has 6 heteroatoms. The van der Waals surface area contributed by atoms with Crippen LogP contribution in [0, 0.1) is 0 Å². The van der Waals surface area contributed by atoms with Gasteiger partial charge in [-0.05, 0) is 30.3 Å². The Morgan fingerprint density at radius 1 is 1.28 bits per heavy atom. The fraction of sp³-hybridized carbons (Fsp3) is 0. The van der Waals surface area contributed by atoms with Crippen LogP contribution in [0.1, 0.15) is 15.2 Å². The van der Waals surface area contributed by atoms with Crippen molar-refractivity contribution in [3.8, 4) is 0 Å². The van der Waals surface area contributed by atoms with Crippen LogP contribution in [-0.2, 0) is 0 Å². The number of benzene rings is 1.